The summed E-state index contributed by atoms with van der Waals surface area (Å²) in [5, 5.41) is 9.96. The minimum atomic E-state index is -0.600. The van der Waals surface area contributed by atoms with Gasteiger partial charge in [0.15, 0.2) is 0 Å². The number of hydrogen-bond donors (Lipinski definition) is 1. The molecular weight excluding hydrogens is 409 g/mol. The fourth-order valence-corrected chi connectivity index (χ4v) is 4.89. The predicted octanol–water partition coefficient (Wildman–Crippen LogP) is 2.70. The maximum Gasteiger partial charge on any atom is 0.257 e. The molecule has 3 aromatic rings. The average molecular weight is 431 g/mol. The highest BCUT2D eigenvalue weighted by Gasteiger charge is 2.54. The average Bonchev–Trinajstić information content (AvgIpc) is 2.81. The minimum absolute atomic E-state index is 0.0378. The Balaban J connectivity index is 1.40. The molecule has 2 aromatic carbocycles. The summed E-state index contributed by atoms with van der Waals surface area (Å²) < 4.78 is 14.1. The van der Waals surface area contributed by atoms with Gasteiger partial charge in [-0.25, -0.2) is 4.39 Å². The summed E-state index contributed by atoms with van der Waals surface area (Å²) in [5.74, 6) is -1.43. The third kappa shape index (κ3) is 3.35. The quantitative estimate of drug-likeness (QED) is 0.690. The van der Waals surface area contributed by atoms with Crippen LogP contribution in [-0.4, -0.2) is 63.5 Å². The van der Waals surface area contributed by atoms with E-state index in [0.29, 0.717) is 6.54 Å². The Labute approximate surface area is 184 Å². The number of halogens is 1. The van der Waals surface area contributed by atoms with Gasteiger partial charge in [-0.2, -0.15) is 0 Å². The Hall–Kier alpha value is -3.58. The number of hydrogen-bond acceptors (Lipinski definition) is 4. The van der Waals surface area contributed by atoms with Gasteiger partial charge >= 0.3 is 0 Å². The van der Waals surface area contributed by atoms with Gasteiger partial charge in [0.25, 0.3) is 5.91 Å². The van der Waals surface area contributed by atoms with Gasteiger partial charge in [-0.15, -0.1) is 0 Å². The summed E-state index contributed by atoms with van der Waals surface area (Å²) in [6.45, 7) is 0.0236. The monoisotopic (exact) mass is 431 g/mol. The summed E-state index contributed by atoms with van der Waals surface area (Å²) in [7, 11) is 0. The lowest BCUT2D eigenvalue weighted by Gasteiger charge is -2.58. The van der Waals surface area contributed by atoms with Crippen molar-refractivity contribution in [2.45, 2.75) is 18.0 Å². The first-order valence-corrected chi connectivity index (χ1v) is 10.5. The van der Waals surface area contributed by atoms with Crippen LogP contribution in [0.25, 0.3) is 11.1 Å². The van der Waals surface area contributed by atoms with Gasteiger partial charge in [-0.3, -0.25) is 14.6 Å². The number of aromatic nitrogens is 1. The molecule has 0 saturated carbocycles. The van der Waals surface area contributed by atoms with E-state index in [2.05, 4.69) is 4.98 Å². The number of fused-ring (bicyclic) bond motifs is 1. The number of pyridine rings is 1. The van der Waals surface area contributed by atoms with Crippen LogP contribution in [0.15, 0.2) is 73.1 Å². The lowest BCUT2D eigenvalue weighted by molar-refractivity contribution is -0.159. The zero-order valence-electron chi connectivity index (χ0n) is 17.3. The van der Waals surface area contributed by atoms with Crippen molar-refractivity contribution in [3.05, 3.63) is 90.0 Å². The van der Waals surface area contributed by atoms with E-state index in [1.165, 1.54) is 23.1 Å². The molecule has 2 saturated heterocycles. The summed E-state index contributed by atoms with van der Waals surface area (Å²) in [5.41, 5.74) is 2.98. The zero-order valence-corrected chi connectivity index (χ0v) is 17.3. The molecule has 6 nitrogen and oxygen atoms in total. The van der Waals surface area contributed by atoms with Crippen LogP contribution in [0.2, 0.25) is 0 Å². The largest absolute Gasteiger partial charge is 0.394 e. The summed E-state index contributed by atoms with van der Waals surface area (Å²) >= 11 is 0. The Morgan fingerprint density at radius 2 is 1.84 bits per heavy atom. The van der Waals surface area contributed by atoms with E-state index < -0.39 is 11.7 Å². The molecule has 2 aliphatic rings. The summed E-state index contributed by atoms with van der Waals surface area (Å²) in [4.78, 5) is 32.9. The van der Waals surface area contributed by atoms with Gasteiger partial charge in [0.1, 0.15) is 12.4 Å². The number of benzene rings is 2. The molecule has 162 valence electrons. The lowest BCUT2D eigenvalue weighted by atomic mass is 9.73. The number of carbonyl (C=O) groups is 2. The first-order valence-electron chi connectivity index (χ1n) is 10.5. The summed E-state index contributed by atoms with van der Waals surface area (Å²) in [6.07, 6.45) is 3.52. The number of amides is 2. The summed E-state index contributed by atoms with van der Waals surface area (Å²) in [6, 6.07) is 17.1. The Bertz CT molecular complexity index is 1150. The van der Waals surface area contributed by atoms with E-state index >= 15 is 0 Å². The van der Waals surface area contributed by atoms with Crippen LogP contribution in [0.5, 0.6) is 0 Å². The fraction of sp³-hybridized carbons (Fsp3) is 0.240. The van der Waals surface area contributed by atoms with E-state index in [9.17, 15) is 19.1 Å². The molecule has 0 radical (unpaired) electrons. The third-order valence-corrected chi connectivity index (χ3v) is 6.43. The van der Waals surface area contributed by atoms with Crippen LogP contribution in [-0.2, 0) is 4.79 Å². The van der Waals surface area contributed by atoms with Crippen molar-refractivity contribution in [3.8, 4) is 11.1 Å². The van der Waals surface area contributed by atoms with Crippen molar-refractivity contribution in [1.82, 2.24) is 14.8 Å². The highest BCUT2D eigenvalue weighted by molar-refractivity contribution is 5.97. The fourth-order valence-electron chi connectivity index (χ4n) is 4.89. The van der Waals surface area contributed by atoms with Crippen LogP contribution in [0.3, 0.4) is 0 Å². The van der Waals surface area contributed by atoms with Crippen LogP contribution in [0.1, 0.15) is 21.8 Å². The van der Waals surface area contributed by atoms with E-state index in [-0.39, 0.29) is 42.6 Å². The third-order valence-electron chi connectivity index (χ3n) is 6.43. The first-order chi connectivity index (χ1) is 15.6. The molecule has 1 aromatic heterocycles. The number of aliphatic hydroxyl groups is 1. The molecule has 2 fully saturated rings. The van der Waals surface area contributed by atoms with Gasteiger partial charge in [0.05, 0.1) is 24.3 Å². The second kappa shape index (κ2) is 8.16. The van der Waals surface area contributed by atoms with Crippen molar-refractivity contribution < 1.29 is 19.1 Å². The molecule has 3 atom stereocenters. The van der Waals surface area contributed by atoms with Crippen molar-refractivity contribution in [2.75, 3.05) is 19.7 Å². The van der Waals surface area contributed by atoms with E-state index in [0.717, 1.165) is 16.7 Å². The molecule has 5 rings (SSSR count). The van der Waals surface area contributed by atoms with Crippen molar-refractivity contribution in [2.24, 2.45) is 0 Å². The number of nitrogens with zero attached hydrogens (tertiary/aromatic N) is 3. The molecular formula is C25H22FN3O3. The van der Waals surface area contributed by atoms with Gasteiger partial charge in [-0.1, -0.05) is 42.5 Å². The standard InChI is InChI=1S/C25H22FN3O3/c26-20-6-2-1-5-19(20)25(32)28-13-21-24(22(15-30)29(21)23(31)14-28)17-9-7-16(8-10-17)18-4-3-11-27-12-18/h1-12,21-22,24,30H,13-15H2/t21-,22+,24-/m1/s1. The van der Waals surface area contributed by atoms with Crippen LogP contribution < -0.4 is 0 Å². The second-order valence-corrected chi connectivity index (χ2v) is 8.17. The molecule has 0 unspecified atom stereocenters. The number of aliphatic hydroxyl groups excluding tert-OH is 1. The Morgan fingerprint density at radius 3 is 2.53 bits per heavy atom. The molecule has 1 N–H and O–H groups in total. The molecule has 2 aliphatic heterocycles. The number of carbonyl (C=O) groups excluding carboxylic acids is 2. The molecule has 0 bridgehead atoms. The molecule has 3 heterocycles. The molecule has 0 aliphatic carbocycles. The van der Waals surface area contributed by atoms with Crippen molar-refractivity contribution in [3.63, 3.8) is 0 Å². The molecule has 0 spiro atoms. The molecule has 2 amide bonds. The minimum Gasteiger partial charge on any atom is -0.394 e. The van der Waals surface area contributed by atoms with Gasteiger partial charge < -0.3 is 14.9 Å². The first kappa shape index (κ1) is 20.3. The highest BCUT2D eigenvalue weighted by atomic mass is 19.1. The normalized spacial score (nSPS) is 22.3. The van der Waals surface area contributed by atoms with Gasteiger partial charge in [0, 0.05) is 24.9 Å². The second-order valence-electron chi connectivity index (χ2n) is 8.17. The zero-order chi connectivity index (χ0) is 22.2. The van der Waals surface area contributed by atoms with E-state index in [1.807, 2.05) is 36.4 Å². The van der Waals surface area contributed by atoms with Crippen molar-refractivity contribution >= 4 is 11.8 Å². The topological polar surface area (TPSA) is 73.7 Å². The SMILES string of the molecule is O=C(c1ccccc1F)N1CC(=O)N2[C@H](C1)[C@@H](c1ccc(-c3cccnc3)cc1)[C@@H]2CO. The Morgan fingerprint density at radius 1 is 1.06 bits per heavy atom. The highest BCUT2D eigenvalue weighted by Crippen LogP contribution is 2.43. The van der Waals surface area contributed by atoms with E-state index in [1.54, 1.807) is 23.4 Å². The van der Waals surface area contributed by atoms with Crippen LogP contribution in [0, 0.1) is 5.82 Å². The van der Waals surface area contributed by atoms with Gasteiger partial charge in [-0.05, 0) is 34.9 Å². The molecule has 32 heavy (non-hydrogen) atoms. The Kier molecular flexibility index (Phi) is 5.19. The van der Waals surface area contributed by atoms with Gasteiger partial charge in [0.2, 0.25) is 5.91 Å². The lowest BCUT2D eigenvalue weighted by Crippen LogP contribution is -2.73. The smallest absolute Gasteiger partial charge is 0.257 e. The maximum atomic E-state index is 14.1. The number of piperazine rings is 1. The van der Waals surface area contributed by atoms with Crippen LogP contribution >= 0.6 is 0 Å². The predicted molar refractivity (Wildman–Crippen MR) is 116 cm³/mol. The molecule has 7 heteroatoms. The maximum absolute atomic E-state index is 14.1. The van der Waals surface area contributed by atoms with Crippen molar-refractivity contribution in [1.29, 1.82) is 0 Å². The van der Waals surface area contributed by atoms with E-state index in [4.69, 9.17) is 0 Å². The van der Waals surface area contributed by atoms with Crippen LogP contribution in [0.4, 0.5) is 4.39 Å². The number of rotatable bonds is 4.